The van der Waals surface area contributed by atoms with Crippen LogP contribution in [-0.2, 0) is 4.79 Å². The first-order valence-electron chi connectivity index (χ1n) is 6.95. The minimum Gasteiger partial charge on any atom is -0.490 e. The Balaban J connectivity index is 1.97. The van der Waals surface area contributed by atoms with Gasteiger partial charge in [0.25, 0.3) is 0 Å². The Hall–Kier alpha value is -1.62. The molecule has 3 N–H and O–H groups in total. The number of hydrogen-bond acceptors (Lipinski definition) is 3. The SMILES string of the molecule is CC(NC(=O)[C@H](C)N)c1ccc(OCC2CC2)c(F)c1. The number of hydrogen-bond donors (Lipinski definition) is 2. The second kappa shape index (κ2) is 6.22. The van der Waals surface area contributed by atoms with Gasteiger partial charge < -0.3 is 15.8 Å². The molecule has 1 aromatic rings. The highest BCUT2D eigenvalue weighted by Gasteiger charge is 2.22. The van der Waals surface area contributed by atoms with Crippen LogP contribution in [0.4, 0.5) is 4.39 Å². The molecule has 1 aromatic carbocycles. The Morgan fingerprint density at radius 2 is 2.20 bits per heavy atom. The molecule has 0 heterocycles. The Kier molecular flexibility index (Phi) is 4.60. The third kappa shape index (κ3) is 3.93. The van der Waals surface area contributed by atoms with Gasteiger partial charge in [-0.1, -0.05) is 6.07 Å². The van der Waals surface area contributed by atoms with Crippen molar-refractivity contribution in [3.63, 3.8) is 0 Å². The molecule has 0 radical (unpaired) electrons. The maximum atomic E-state index is 13.9. The van der Waals surface area contributed by atoms with Crippen LogP contribution >= 0.6 is 0 Å². The van der Waals surface area contributed by atoms with Crippen molar-refractivity contribution < 1.29 is 13.9 Å². The summed E-state index contributed by atoms with van der Waals surface area (Å²) in [5.41, 5.74) is 6.17. The van der Waals surface area contributed by atoms with Gasteiger partial charge >= 0.3 is 0 Å². The summed E-state index contributed by atoms with van der Waals surface area (Å²) in [6.07, 6.45) is 2.33. The lowest BCUT2D eigenvalue weighted by molar-refractivity contribution is -0.122. The molecule has 2 atom stereocenters. The molecule has 1 fully saturated rings. The Morgan fingerprint density at radius 3 is 2.75 bits per heavy atom. The van der Waals surface area contributed by atoms with Crippen molar-refractivity contribution >= 4 is 5.91 Å². The van der Waals surface area contributed by atoms with Crippen LogP contribution in [0.15, 0.2) is 18.2 Å². The van der Waals surface area contributed by atoms with Crippen LogP contribution in [0.3, 0.4) is 0 Å². The lowest BCUT2D eigenvalue weighted by atomic mass is 10.1. The molecule has 1 aliphatic rings. The first-order chi connectivity index (χ1) is 9.47. The highest BCUT2D eigenvalue weighted by atomic mass is 19.1. The van der Waals surface area contributed by atoms with Crippen molar-refractivity contribution in [2.75, 3.05) is 6.61 Å². The molecule has 0 bridgehead atoms. The molecular weight excluding hydrogens is 259 g/mol. The average Bonchev–Trinajstić information content (AvgIpc) is 3.21. The Bertz CT molecular complexity index is 487. The summed E-state index contributed by atoms with van der Waals surface area (Å²) in [6.45, 7) is 3.98. The molecule has 20 heavy (non-hydrogen) atoms. The molecule has 1 unspecified atom stereocenters. The lowest BCUT2D eigenvalue weighted by Gasteiger charge is -2.17. The van der Waals surface area contributed by atoms with Crippen LogP contribution in [0.1, 0.15) is 38.3 Å². The van der Waals surface area contributed by atoms with Gasteiger partial charge in [-0.05, 0) is 50.3 Å². The van der Waals surface area contributed by atoms with Crippen molar-refractivity contribution in [2.24, 2.45) is 11.7 Å². The Labute approximate surface area is 118 Å². The van der Waals surface area contributed by atoms with Crippen molar-refractivity contribution in [3.05, 3.63) is 29.6 Å². The van der Waals surface area contributed by atoms with E-state index < -0.39 is 11.9 Å². The lowest BCUT2D eigenvalue weighted by Crippen LogP contribution is -2.39. The standard InChI is InChI=1S/C15H21FN2O2/c1-9(17)15(19)18-10(2)12-5-6-14(13(16)7-12)20-8-11-3-4-11/h5-7,9-11H,3-4,8,17H2,1-2H3,(H,18,19)/t9-,10?/m0/s1. The number of ether oxygens (including phenoxy) is 1. The molecule has 1 aliphatic carbocycles. The average molecular weight is 280 g/mol. The minimum absolute atomic E-state index is 0.257. The predicted molar refractivity (Wildman–Crippen MR) is 74.8 cm³/mol. The van der Waals surface area contributed by atoms with E-state index in [1.807, 2.05) is 0 Å². The van der Waals surface area contributed by atoms with Crippen LogP contribution in [0.5, 0.6) is 5.75 Å². The molecule has 0 aromatic heterocycles. The van der Waals surface area contributed by atoms with Gasteiger partial charge in [0.15, 0.2) is 11.6 Å². The van der Waals surface area contributed by atoms with Crippen LogP contribution < -0.4 is 15.8 Å². The quantitative estimate of drug-likeness (QED) is 0.839. The fourth-order valence-electron chi connectivity index (χ4n) is 1.82. The molecule has 110 valence electrons. The van der Waals surface area contributed by atoms with Crippen LogP contribution in [0.25, 0.3) is 0 Å². The van der Waals surface area contributed by atoms with Gasteiger partial charge in [0.2, 0.25) is 5.91 Å². The fourth-order valence-corrected chi connectivity index (χ4v) is 1.82. The molecule has 5 heteroatoms. The first kappa shape index (κ1) is 14.8. The number of nitrogens with one attached hydrogen (secondary N) is 1. The summed E-state index contributed by atoms with van der Waals surface area (Å²) in [5, 5.41) is 2.73. The molecule has 0 aliphatic heterocycles. The van der Waals surface area contributed by atoms with Gasteiger partial charge in [0.05, 0.1) is 18.7 Å². The number of carbonyl (C=O) groups excluding carboxylic acids is 1. The van der Waals surface area contributed by atoms with Gasteiger partial charge in [-0.2, -0.15) is 0 Å². The number of carbonyl (C=O) groups is 1. The third-order valence-electron chi connectivity index (χ3n) is 3.40. The van der Waals surface area contributed by atoms with Gasteiger partial charge in [0, 0.05) is 0 Å². The first-order valence-corrected chi connectivity index (χ1v) is 6.95. The molecule has 4 nitrogen and oxygen atoms in total. The summed E-state index contributed by atoms with van der Waals surface area (Å²) >= 11 is 0. The summed E-state index contributed by atoms with van der Waals surface area (Å²) in [6, 6.07) is 3.90. The van der Waals surface area contributed by atoms with E-state index in [9.17, 15) is 9.18 Å². The van der Waals surface area contributed by atoms with Gasteiger partial charge in [0.1, 0.15) is 0 Å². The molecular formula is C15H21FN2O2. The van der Waals surface area contributed by atoms with E-state index in [2.05, 4.69) is 5.32 Å². The summed E-state index contributed by atoms with van der Waals surface area (Å²) < 4.78 is 19.3. The van der Waals surface area contributed by atoms with E-state index >= 15 is 0 Å². The van der Waals surface area contributed by atoms with Crippen molar-refractivity contribution in [1.82, 2.24) is 5.32 Å². The number of halogens is 1. The van der Waals surface area contributed by atoms with E-state index in [1.54, 1.807) is 26.0 Å². The zero-order valence-electron chi connectivity index (χ0n) is 11.9. The zero-order chi connectivity index (χ0) is 14.7. The number of amides is 1. The van der Waals surface area contributed by atoms with E-state index in [0.29, 0.717) is 18.1 Å². The number of benzene rings is 1. The highest BCUT2D eigenvalue weighted by Crippen LogP contribution is 2.30. The second-order valence-corrected chi connectivity index (χ2v) is 5.46. The van der Waals surface area contributed by atoms with E-state index in [-0.39, 0.29) is 17.7 Å². The monoisotopic (exact) mass is 280 g/mol. The maximum Gasteiger partial charge on any atom is 0.237 e. The number of rotatable bonds is 6. The van der Waals surface area contributed by atoms with Gasteiger partial charge in [-0.3, -0.25) is 4.79 Å². The molecule has 1 saturated carbocycles. The third-order valence-corrected chi connectivity index (χ3v) is 3.40. The minimum atomic E-state index is -0.580. The van der Waals surface area contributed by atoms with Crippen LogP contribution in [0, 0.1) is 11.7 Å². The predicted octanol–water partition coefficient (Wildman–Crippen LogP) is 2.14. The van der Waals surface area contributed by atoms with Crippen molar-refractivity contribution in [2.45, 2.75) is 38.8 Å². The normalized spacial score (nSPS) is 17.4. The fraction of sp³-hybridized carbons (Fsp3) is 0.533. The van der Waals surface area contributed by atoms with E-state index in [4.69, 9.17) is 10.5 Å². The maximum absolute atomic E-state index is 13.9. The molecule has 1 amide bonds. The van der Waals surface area contributed by atoms with Crippen molar-refractivity contribution in [1.29, 1.82) is 0 Å². The number of nitrogens with two attached hydrogens (primary N) is 1. The molecule has 2 rings (SSSR count). The van der Waals surface area contributed by atoms with Gasteiger partial charge in [-0.15, -0.1) is 0 Å². The van der Waals surface area contributed by atoms with E-state index in [0.717, 1.165) is 0 Å². The summed E-state index contributed by atoms with van der Waals surface area (Å²) in [5.74, 6) is 0.196. The second-order valence-electron chi connectivity index (χ2n) is 5.46. The van der Waals surface area contributed by atoms with E-state index in [1.165, 1.54) is 18.9 Å². The molecule has 0 spiro atoms. The topological polar surface area (TPSA) is 64.4 Å². The summed E-state index contributed by atoms with van der Waals surface area (Å²) in [7, 11) is 0. The highest BCUT2D eigenvalue weighted by molar-refractivity contribution is 5.81. The van der Waals surface area contributed by atoms with Crippen LogP contribution in [0.2, 0.25) is 0 Å². The Morgan fingerprint density at radius 1 is 1.50 bits per heavy atom. The van der Waals surface area contributed by atoms with Crippen molar-refractivity contribution in [3.8, 4) is 5.75 Å². The smallest absolute Gasteiger partial charge is 0.237 e. The zero-order valence-corrected chi connectivity index (χ0v) is 11.9. The molecule has 0 saturated heterocycles. The van der Waals surface area contributed by atoms with Crippen LogP contribution in [-0.4, -0.2) is 18.6 Å². The largest absolute Gasteiger partial charge is 0.490 e. The van der Waals surface area contributed by atoms with Gasteiger partial charge in [-0.25, -0.2) is 4.39 Å². The summed E-state index contributed by atoms with van der Waals surface area (Å²) in [4.78, 5) is 11.5.